The molecule has 0 fully saturated rings. The quantitative estimate of drug-likeness (QED) is 0.470. The maximum absolute atomic E-state index is 11.4. The molecule has 74 valence electrons. The van der Waals surface area contributed by atoms with Gasteiger partial charge in [0.2, 0.25) is 0 Å². The van der Waals surface area contributed by atoms with Gasteiger partial charge in [0.05, 0.1) is 5.56 Å². The molecule has 1 N–H and O–H groups in total. The van der Waals surface area contributed by atoms with Crippen LogP contribution in [0.5, 0.6) is 0 Å². The Labute approximate surface area is 87.8 Å². The molecule has 1 rings (SSSR count). The molecule has 3 nitrogen and oxygen atoms in total. The van der Waals surface area contributed by atoms with Crippen LogP contribution in [0.25, 0.3) is 0 Å². The lowest BCUT2D eigenvalue weighted by Gasteiger charge is -2.02. The van der Waals surface area contributed by atoms with Crippen molar-refractivity contribution in [3.05, 3.63) is 41.7 Å². The Kier molecular flexibility index (Phi) is 4.13. The summed E-state index contributed by atoms with van der Waals surface area (Å²) in [5.74, 6) is -0.143. The van der Waals surface area contributed by atoms with Gasteiger partial charge in [-0.2, -0.15) is 0 Å². The third kappa shape index (κ3) is 3.18. The second-order valence-electron chi connectivity index (χ2n) is 2.70. The third-order valence-corrected chi connectivity index (χ3v) is 1.85. The van der Waals surface area contributed by atoms with Crippen molar-refractivity contribution in [1.82, 2.24) is 10.3 Å². The highest BCUT2D eigenvalue weighted by Gasteiger charge is 2.03. The van der Waals surface area contributed by atoms with Crippen LogP contribution in [0, 0.1) is 0 Å². The Morgan fingerprint density at radius 3 is 3.00 bits per heavy atom. The van der Waals surface area contributed by atoms with E-state index in [0.29, 0.717) is 17.3 Å². The van der Waals surface area contributed by atoms with E-state index in [0.717, 1.165) is 6.42 Å². The number of amides is 1. The van der Waals surface area contributed by atoms with Crippen molar-refractivity contribution in [2.75, 3.05) is 6.54 Å². The van der Waals surface area contributed by atoms with E-state index in [1.165, 1.54) is 6.20 Å². The summed E-state index contributed by atoms with van der Waals surface area (Å²) in [6.07, 6.45) is 3.96. The van der Waals surface area contributed by atoms with E-state index < -0.39 is 0 Å². The van der Waals surface area contributed by atoms with Crippen molar-refractivity contribution >= 4 is 17.5 Å². The van der Waals surface area contributed by atoms with Crippen LogP contribution in [0.2, 0.25) is 5.15 Å². The molecule has 0 aromatic carbocycles. The molecule has 1 amide bonds. The molecule has 0 aliphatic heterocycles. The van der Waals surface area contributed by atoms with Gasteiger partial charge in [-0.15, -0.1) is 6.58 Å². The van der Waals surface area contributed by atoms with Crippen LogP contribution < -0.4 is 5.32 Å². The van der Waals surface area contributed by atoms with E-state index >= 15 is 0 Å². The molecule has 0 bridgehead atoms. The summed E-state index contributed by atoms with van der Waals surface area (Å²) in [7, 11) is 0. The van der Waals surface area contributed by atoms with Crippen molar-refractivity contribution in [2.24, 2.45) is 0 Å². The summed E-state index contributed by atoms with van der Waals surface area (Å²) in [5, 5.41) is 3.11. The summed E-state index contributed by atoms with van der Waals surface area (Å²) < 4.78 is 0. The second kappa shape index (κ2) is 5.40. The predicted octanol–water partition coefficient (Wildman–Crippen LogP) is 2.04. The highest BCUT2D eigenvalue weighted by atomic mass is 35.5. The number of hydrogen-bond acceptors (Lipinski definition) is 2. The summed E-state index contributed by atoms with van der Waals surface area (Å²) in [5.41, 5.74) is 0.512. The predicted molar refractivity (Wildman–Crippen MR) is 56.4 cm³/mol. The van der Waals surface area contributed by atoms with E-state index in [2.05, 4.69) is 16.9 Å². The Hall–Kier alpha value is -1.35. The highest BCUT2D eigenvalue weighted by molar-refractivity contribution is 6.29. The maximum Gasteiger partial charge on any atom is 0.252 e. The lowest BCUT2D eigenvalue weighted by Crippen LogP contribution is -2.24. The van der Waals surface area contributed by atoms with E-state index in [4.69, 9.17) is 11.6 Å². The minimum absolute atomic E-state index is 0.143. The molecule has 0 aliphatic carbocycles. The first-order chi connectivity index (χ1) is 6.74. The van der Waals surface area contributed by atoms with Gasteiger partial charge in [0, 0.05) is 12.7 Å². The molecule has 0 saturated carbocycles. The van der Waals surface area contributed by atoms with Crippen molar-refractivity contribution in [2.45, 2.75) is 6.42 Å². The number of aromatic nitrogens is 1. The molecule has 0 radical (unpaired) electrons. The second-order valence-corrected chi connectivity index (χ2v) is 3.09. The lowest BCUT2D eigenvalue weighted by molar-refractivity contribution is 0.0954. The number of halogens is 1. The summed E-state index contributed by atoms with van der Waals surface area (Å²) in [6.45, 7) is 4.15. The number of rotatable bonds is 4. The van der Waals surface area contributed by atoms with E-state index in [9.17, 15) is 4.79 Å². The fourth-order valence-electron chi connectivity index (χ4n) is 0.900. The largest absolute Gasteiger partial charge is 0.352 e. The van der Waals surface area contributed by atoms with Crippen LogP contribution in [0.4, 0.5) is 0 Å². The number of pyridine rings is 1. The summed E-state index contributed by atoms with van der Waals surface area (Å²) in [4.78, 5) is 15.2. The van der Waals surface area contributed by atoms with Gasteiger partial charge >= 0.3 is 0 Å². The van der Waals surface area contributed by atoms with Crippen LogP contribution in [0.3, 0.4) is 0 Å². The van der Waals surface area contributed by atoms with Crippen LogP contribution in [0.15, 0.2) is 31.0 Å². The lowest BCUT2D eigenvalue weighted by atomic mass is 10.2. The standard InChI is InChI=1S/C10H11ClN2O/c1-2-3-6-12-10(14)8-4-5-9(11)13-7-8/h2,4-5,7H,1,3,6H2,(H,12,14). The van der Waals surface area contributed by atoms with Crippen LogP contribution >= 0.6 is 11.6 Å². The van der Waals surface area contributed by atoms with Gasteiger partial charge in [-0.05, 0) is 18.6 Å². The first-order valence-corrected chi connectivity index (χ1v) is 4.62. The van der Waals surface area contributed by atoms with Crippen molar-refractivity contribution < 1.29 is 4.79 Å². The van der Waals surface area contributed by atoms with Gasteiger partial charge in [0.1, 0.15) is 5.15 Å². The minimum atomic E-state index is -0.143. The first kappa shape index (κ1) is 10.7. The third-order valence-electron chi connectivity index (χ3n) is 1.62. The molecule has 0 spiro atoms. The topological polar surface area (TPSA) is 42.0 Å². The van der Waals surface area contributed by atoms with Crippen molar-refractivity contribution in [3.8, 4) is 0 Å². The number of nitrogens with zero attached hydrogens (tertiary/aromatic N) is 1. The van der Waals surface area contributed by atoms with E-state index in [1.54, 1.807) is 18.2 Å². The summed E-state index contributed by atoms with van der Waals surface area (Å²) in [6, 6.07) is 3.22. The van der Waals surface area contributed by atoms with Gasteiger partial charge in [0.15, 0.2) is 0 Å². The minimum Gasteiger partial charge on any atom is -0.352 e. The van der Waals surface area contributed by atoms with Gasteiger partial charge in [-0.1, -0.05) is 17.7 Å². The number of nitrogens with one attached hydrogen (secondary N) is 1. The van der Waals surface area contributed by atoms with Crippen LogP contribution in [0.1, 0.15) is 16.8 Å². The molecular weight excluding hydrogens is 200 g/mol. The molecule has 14 heavy (non-hydrogen) atoms. The molecule has 4 heteroatoms. The van der Waals surface area contributed by atoms with E-state index in [-0.39, 0.29) is 5.91 Å². The Bertz CT molecular complexity index is 321. The fourth-order valence-corrected chi connectivity index (χ4v) is 1.01. The van der Waals surface area contributed by atoms with Crippen LogP contribution in [-0.2, 0) is 0 Å². The van der Waals surface area contributed by atoms with E-state index in [1.807, 2.05) is 0 Å². The fraction of sp³-hybridized carbons (Fsp3) is 0.200. The SMILES string of the molecule is C=CCCNC(=O)c1ccc(Cl)nc1. The highest BCUT2D eigenvalue weighted by Crippen LogP contribution is 2.04. The Morgan fingerprint density at radius 1 is 1.64 bits per heavy atom. The molecule has 1 aromatic rings. The summed E-state index contributed by atoms with van der Waals surface area (Å²) >= 11 is 5.59. The zero-order valence-electron chi connectivity index (χ0n) is 7.66. The Balaban J connectivity index is 2.52. The zero-order valence-corrected chi connectivity index (χ0v) is 8.42. The Morgan fingerprint density at radius 2 is 2.43 bits per heavy atom. The molecule has 0 atom stereocenters. The molecule has 0 saturated heterocycles. The number of carbonyl (C=O) groups excluding carboxylic acids is 1. The number of carbonyl (C=O) groups is 1. The molecule has 1 aromatic heterocycles. The van der Waals surface area contributed by atoms with Gasteiger partial charge < -0.3 is 5.32 Å². The maximum atomic E-state index is 11.4. The molecule has 0 aliphatic rings. The average molecular weight is 211 g/mol. The van der Waals surface area contributed by atoms with Crippen molar-refractivity contribution in [1.29, 1.82) is 0 Å². The smallest absolute Gasteiger partial charge is 0.252 e. The molecule has 1 heterocycles. The molecular formula is C10H11ClN2O. The monoisotopic (exact) mass is 210 g/mol. The zero-order chi connectivity index (χ0) is 10.4. The van der Waals surface area contributed by atoms with Gasteiger partial charge in [0.25, 0.3) is 5.91 Å². The first-order valence-electron chi connectivity index (χ1n) is 4.24. The van der Waals surface area contributed by atoms with Crippen molar-refractivity contribution in [3.63, 3.8) is 0 Å². The number of hydrogen-bond donors (Lipinski definition) is 1. The van der Waals surface area contributed by atoms with Crippen LogP contribution in [-0.4, -0.2) is 17.4 Å². The van der Waals surface area contributed by atoms with Gasteiger partial charge in [-0.25, -0.2) is 4.98 Å². The van der Waals surface area contributed by atoms with Gasteiger partial charge in [-0.3, -0.25) is 4.79 Å². The average Bonchev–Trinajstić information content (AvgIpc) is 2.19. The normalized spacial score (nSPS) is 9.50. The molecule has 0 unspecified atom stereocenters.